The van der Waals surface area contributed by atoms with Crippen LogP contribution in [0.4, 0.5) is 11.8 Å². The first-order valence-corrected chi connectivity index (χ1v) is 7.52. The number of hydrogen-bond acceptors (Lipinski definition) is 8. The first-order valence-electron chi connectivity index (χ1n) is 5.66. The maximum atomic E-state index is 12.2. The Morgan fingerprint density at radius 3 is 2.52 bits per heavy atom. The van der Waals surface area contributed by atoms with Crippen molar-refractivity contribution in [3.8, 4) is 0 Å². The zero-order valence-corrected chi connectivity index (χ0v) is 12.7. The van der Waals surface area contributed by atoms with Gasteiger partial charge in [-0.2, -0.15) is 5.10 Å². The maximum Gasteiger partial charge on any atom is 0.265 e. The topological polar surface area (TPSA) is 136 Å². The predicted octanol–water partition coefficient (Wildman–Crippen LogP) is 0.623. The molecule has 0 unspecified atom stereocenters. The highest BCUT2D eigenvalue weighted by atomic mass is 35.5. The zero-order valence-electron chi connectivity index (χ0n) is 11.1. The molecule has 0 amide bonds. The molecule has 11 heteroatoms. The fraction of sp³-hybridized carbons (Fsp3) is 0.200. The fourth-order valence-corrected chi connectivity index (χ4v) is 2.55. The fourth-order valence-electron chi connectivity index (χ4n) is 1.35. The van der Waals surface area contributed by atoms with Gasteiger partial charge in [-0.1, -0.05) is 11.6 Å². The van der Waals surface area contributed by atoms with Gasteiger partial charge < -0.3 is 5.43 Å². The molecule has 0 bridgehead atoms. The number of nitrogens with two attached hydrogens (primary N) is 1. The number of nitrogens with one attached hydrogen (secondary N) is 2. The highest BCUT2D eigenvalue weighted by Gasteiger charge is 2.18. The predicted molar refractivity (Wildman–Crippen MR) is 77.2 cm³/mol. The number of halogens is 1. The van der Waals surface area contributed by atoms with Crippen LogP contribution in [0.2, 0.25) is 5.02 Å². The molecule has 112 valence electrons. The summed E-state index contributed by atoms with van der Waals surface area (Å²) in [5.41, 5.74) is 3.43. The quantitative estimate of drug-likeness (QED) is 0.548. The van der Waals surface area contributed by atoms with Crippen LogP contribution in [0.1, 0.15) is 11.4 Å². The van der Waals surface area contributed by atoms with E-state index in [4.69, 9.17) is 17.4 Å². The number of aryl methyl sites for hydroxylation is 2. The minimum absolute atomic E-state index is 0.0690. The van der Waals surface area contributed by atoms with Crippen molar-refractivity contribution < 1.29 is 8.42 Å². The van der Waals surface area contributed by atoms with Crippen molar-refractivity contribution in [2.45, 2.75) is 18.7 Å². The molecular formula is C10H12ClN7O2S. The van der Waals surface area contributed by atoms with Crippen molar-refractivity contribution in [3.05, 3.63) is 28.7 Å². The molecule has 9 nitrogen and oxygen atoms in total. The molecule has 21 heavy (non-hydrogen) atoms. The molecule has 0 radical (unpaired) electrons. The Kier molecular flexibility index (Phi) is 4.21. The number of hydrazine groups is 1. The van der Waals surface area contributed by atoms with Crippen LogP contribution in [0.15, 0.2) is 17.2 Å². The number of aromatic nitrogens is 4. The number of sulfonamides is 1. The van der Waals surface area contributed by atoms with Crippen LogP contribution in [-0.4, -0.2) is 28.6 Å². The molecule has 0 saturated carbocycles. The summed E-state index contributed by atoms with van der Waals surface area (Å²) in [6, 6.07) is 1.21. The van der Waals surface area contributed by atoms with Gasteiger partial charge in [0.2, 0.25) is 0 Å². The van der Waals surface area contributed by atoms with E-state index in [0.29, 0.717) is 11.4 Å². The summed E-state index contributed by atoms with van der Waals surface area (Å²) in [6.07, 6.45) is 1.11. The van der Waals surface area contributed by atoms with Gasteiger partial charge in [0.05, 0.1) is 16.4 Å². The molecule has 0 aliphatic carbocycles. The lowest BCUT2D eigenvalue weighted by Crippen LogP contribution is -2.17. The molecule has 0 fully saturated rings. The molecule has 2 aromatic heterocycles. The third-order valence-electron chi connectivity index (χ3n) is 2.58. The summed E-state index contributed by atoms with van der Waals surface area (Å²) in [4.78, 5) is 7.64. The van der Waals surface area contributed by atoms with E-state index in [1.165, 1.54) is 6.07 Å². The van der Waals surface area contributed by atoms with E-state index < -0.39 is 10.0 Å². The second-order valence-corrected chi connectivity index (χ2v) is 6.15. The van der Waals surface area contributed by atoms with Gasteiger partial charge in [0.1, 0.15) is 4.90 Å². The van der Waals surface area contributed by atoms with Crippen LogP contribution >= 0.6 is 11.6 Å². The van der Waals surface area contributed by atoms with E-state index in [-0.39, 0.29) is 21.7 Å². The first-order chi connectivity index (χ1) is 9.83. The molecular weight excluding hydrogens is 318 g/mol. The SMILES string of the molecule is Cc1nnc(NS(=O)(=O)c2cnc(NN)c(Cl)c2)nc1C. The Balaban J connectivity index is 2.33. The van der Waals surface area contributed by atoms with Crippen molar-refractivity contribution in [1.29, 1.82) is 0 Å². The summed E-state index contributed by atoms with van der Waals surface area (Å²) in [5.74, 6) is 5.21. The summed E-state index contributed by atoms with van der Waals surface area (Å²) >= 11 is 5.84. The molecule has 0 atom stereocenters. The van der Waals surface area contributed by atoms with Crippen molar-refractivity contribution in [3.63, 3.8) is 0 Å². The summed E-state index contributed by atoms with van der Waals surface area (Å²) < 4.78 is 26.6. The third-order valence-corrected chi connectivity index (χ3v) is 4.16. The molecule has 2 heterocycles. The number of rotatable bonds is 4. The van der Waals surface area contributed by atoms with Crippen LogP contribution in [-0.2, 0) is 10.0 Å². The van der Waals surface area contributed by atoms with E-state index in [1.54, 1.807) is 13.8 Å². The number of nitrogen functional groups attached to an aromatic ring is 1. The van der Waals surface area contributed by atoms with E-state index in [9.17, 15) is 8.42 Å². The standard InChI is InChI=1S/C10H12ClN7O2S/c1-5-6(2)16-17-10(14-5)18-21(19,20)7-3-8(11)9(15-12)13-4-7/h3-4H,12H2,1-2H3,(H,13,15)(H,14,17,18). The van der Waals surface area contributed by atoms with Crippen molar-refractivity contribution in [1.82, 2.24) is 20.2 Å². The van der Waals surface area contributed by atoms with E-state index >= 15 is 0 Å². The van der Waals surface area contributed by atoms with E-state index in [0.717, 1.165) is 6.20 Å². The molecule has 0 spiro atoms. The van der Waals surface area contributed by atoms with Crippen molar-refractivity contribution in [2.24, 2.45) is 5.84 Å². The number of nitrogens with zero attached hydrogens (tertiary/aromatic N) is 4. The lowest BCUT2D eigenvalue weighted by Gasteiger charge is -2.08. The number of hydrogen-bond donors (Lipinski definition) is 3. The Labute approximate surface area is 126 Å². The van der Waals surface area contributed by atoms with Crippen LogP contribution in [0.3, 0.4) is 0 Å². The summed E-state index contributed by atoms with van der Waals surface area (Å²) in [7, 11) is -3.92. The molecule has 2 rings (SSSR count). The lowest BCUT2D eigenvalue weighted by molar-refractivity contribution is 0.600. The normalized spacial score (nSPS) is 11.2. The highest BCUT2D eigenvalue weighted by Crippen LogP contribution is 2.22. The second kappa shape index (κ2) is 5.76. The monoisotopic (exact) mass is 329 g/mol. The van der Waals surface area contributed by atoms with E-state index in [2.05, 4.69) is 30.3 Å². The Morgan fingerprint density at radius 2 is 1.95 bits per heavy atom. The second-order valence-electron chi connectivity index (χ2n) is 4.06. The van der Waals surface area contributed by atoms with Crippen LogP contribution < -0.4 is 16.0 Å². The van der Waals surface area contributed by atoms with Gasteiger partial charge in [-0.25, -0.2) is 29.0 Å². The van der Waals surface area contributed by atoms with Gasteiger partial charge in [-0.15, -0.1) is 5.10 Å². The minimum atomic E-state index is -3.92. The minimum Gasteiger partial charge on any atom is -0.307 e. The third kappa shape index (κ3) is 3.35. The maximum absolute atomic E-state index is 12.2. The Hall–Kier alpha value is -2.04. The highest BCUT2D eigenvalue weighted by molar-refractivity contribution is 7.92. The van der Waals surface area contributed by atoms with E-state index in [1.807, 2.05) is 0 Å². The summed E-state index contributed by atoms with van der Waals surface area (Å²) in [6.45, 7) is 3.41. The van der Waals surface area contributed by atoms with Crippen LogP contribution in [0.5, 0.6) is 0 Å². The smallest absolute Gasteiger partial charge is 0.265 e. The van der Waals surface area contributed by atoms with Gasteiger partial charge in [0, 0.05) is 6.20 Å². The van der Waals surface area contributed by atoms with Crippen molar-refractivity contribution >= 4 is 33.4 Å². The Bertz CT molecular complexity index is 781. The molecule has 0 aliphatic rings. The van der Waals surface area contributed by atoms with Crippen LogP contribution in [0, 0.1) is 13.8 Å². The summed E-state index contributed by atoms with van der Waals surface area (Å²) in [5, 5.41) is 7.53. The molecule has 4 N–H and O–H groups in total. The molecule has 0 saturated heterocycles. The molecule has 2 aromatic rings. The van der Waals surface area contributed by atoms with Gasteiger partial charge >= 0.3 is 0 Å². The van der Waals surface area contributed by atoms with Gasteiger partial charge in [0.25, 0.3) is 16.0 Å². The lowest BCUT2D eigenvalue weighted by atomic mass is 10.4. The Morgan fingerprint density at radius 1 is 1.24 bits per heavy atom. The average molecular weight is 330 g/mol. The molecule has 0 aromatic carbocycles. The average Bonchev–Trinajstić information content (AvgIpc) is 2.42. The number of pyridine rings is 1. The van der Waals surface area contributed by atoms with Crippen LogP contribution in [0.25, 0.3) is 0 Å². The zero-order chi connectivity index (χ0) is 15.6. The van der Waals surface area contributed by atoms with Crippen molar-refractivity contribution in [2.75, 3.05) is 10.1 Å². The largest absolute Gasteiger partial charge is 0.307 e. The number of anilines is 2. The van der Waals surface area contributed by atoms with Gasteiger partial charge in [0.15, 0.2) is 5.82 Å². The molecule has 0 aliphatic heterocycles. The van der Waals surface area contributed by atoms with Gasteiger partial charge in [-0.3, -0.25) is 0 Å². The van der Waals surface area contributed by atoms with Gasteiger partial charge in [-0.05, 0) is 19.9 Å². The first kappa shape index (κ1) is 15.4.